The lowest BCUT2D eigenvalue weighted by Crippen LogP contribution is -2.41. The Labute approximate surface area is 103 Å². The summed E-state index contributed by atoms with van der Waals surface area (Å²) in [5, 5.41) is 0. The first kappa shape index (κ1) is 12.4. The molecular formula is C14H22N2O. The fourth-order valence-electron chi connectivity index (χ4n) is 2.77. The van der Waals surface area contributed by atoms with Gasteiger partial charge in [0.25, 0.3) is 0 Å². The summed E-state index contributed by atoms with van der Waals surface area (Å²) in [6, 6.07) is 8.64. The number of nitrogens with two attached hydrogens (primary N) is 1. The second-order valence-corrected chi connectivity index (χ2v) is 4.87. The molecule has 0 aliphatic heterocycles. The number of hydrogen-bond acceptors (Lipinski definition) is 3. The maximum absolute atomic E-state index is 5.69. The van der Waals surface area contributed by atoms with Crippen LogP contribution in [0.4, 0.5) is 0 Å². The number of nitrogens with one attached hydrogen (secondary N) is 1. The first-order valence-corrected chi connectivity index (χ1v) is 6.42. The van der Waals surface area contributed by atoms with Gasteiger partial charge in [-0.05, 0) is 42.9 Å². The lowest BCUT2D eigenvalue weighted by Gasteiger charge is -2.22. The van der Waals surface area contributed by atoms with Gasteiger partial charge < -0.3 is 4.74 Å². The van der Waals surface area contributed by atoms with Gasteiger partial charge in [0.15, 0.2) is 0 Å². The zero-order chi connectivity index (χ0) is 12.1. The van der Waals surface area contributed by atoms with Crippen LogP contribution >= 0.6 is 0 Å². The molecule has 0 spiro atoms. The van der Waals surface area contributed by atoms with E-state index in [4.69, 9.17) is 10.6 Å². The SMILES string of the molecule is COc1cccc(CC(NN)C2CCCC2)c1. The maximum Gasteiger partial charge on any atom is 0.119 e. The highest BCUT2D eigenvalue weighted by Gasteiger charge is 2.24. The normalized spacial score (nSPS) is 18.2. The minimum atomic E-state index is 0.393. The molecule has 94 valence electrons. The summed E-state index contributed by atoms with van der Waals surface area (Å²) >= 11 is 0. The Bertz CT molecular complexity index is 348. The zero-order valence-electron chi connectivity index (χ0n) is 10.5. The second kappa shape index (κ2) is 6.03. The molecule has 1 fully saturated rings. The van der Waals surface area contributed by atoms with Gasteiger partial charge in [0, 0.05) is 6.04 Å². The van der Waals surface area contributed by atoms with Crippen molar-refractivity contribution in [1.29, 1.82) is 0 Å². The molecule has 1 aromatic carbocycles. The number of hydrogen-bond donors (Lipinski definition) is 2. The number of rotatable bonds is 5. The van der Waals surface area contributed by atoms with Crippen LogP contribution in [0.5, 0.6) is 5.75 Å². The molecule has 0 heterocycles. The van der Waals surface area contributed by atoms with Gasteiger partial charge in [-0.2, -0.15) is 0 Å². The van der Waals surface area contributed by atoms with E-state index in [2.05, 4.69) is 17.6 Å². The van der Waals surface area contributed by atoms with Crippen LogP contribution in [-0.4, -0.2) is 13.2 Å². The molecule has 0 aromatic heterocycles. The highest BCUT2D eigenvalue weighted by atomic mass is 16.5. The molecule has 0 radical (unpaired) electrons. The van der Waals surface area contributed by atoms with Crippen molar-refractivity contribution < 1.29 is 4.74 Å². The summed E-state index contributed by atoms with van der Waals surface area (Å²) in [6.07, 6.45) is 6.29. The number of methoxy groups -OCH3 is 1. The Morgan fingerprint density at radius 1 is 1.41 bits per heavy atom. The Balaban J connectivity index is 2.01. The molecule has 1 saturated carbocycles. The summed E-state index contributed by atoms with van der Waals surface area (Å²) < 4.78 is 5.24. The molecule has 0 amide bonds. The third-order valence-electron chi connectivity index (χ3n) is 3.77. The number of ether oxygens (including phenoxy) is 1. The third-order valence-corrected chi connectivity index (χ3v) is 3.77. The van der Waals surface area contributed by atoms with Crippen LogP contribution in [0.25, 0.3) is 0 Å². The average molecular weight is 234 g/mol. The lowest BCUT2D eigenvalue weighted by atomic mass is 9.93. The van der Waals surface area contributed by atoms with E-state index in [-0.39, 0.29) is 0 Å². The minimum absolute atomic E-state index is 0.393. The number of benzene rings is 1. The molecule has 0 bridgehead atoms. The molecule has 1 aliphatic carbocycles. The summed E-state index contributed by atoms with van der Waals surface area (Å²) in [4.78, 5) is 0. The predicted octanol–water partition coefficient (Wildman–Crippen LogP) is 2.26. The van der Waals surface area contributed by atoms with E-state index in [9.17, 15) is 0 Å². The van der Waals surface area contributed by atoms with Crippen molar-refractivity contribution in [3.8, 4) is 5.75 Å². The van der Waals surface area contributed by atoms with Gasteiger partial charge in [-0.25, -0.2) is 0 Å². The minimum Gasteiger partial charge on any atom is -0.497 e. The Hall–Kier alpha value is -1.06. The molecule has 1 aliphatic rings. The maximum atomic E-state index is 5.69. The topological polar surface area (TPSA) is 47.3 Å². The van der Waals surface area contributed by atoms with E-state index in [1.807, 2.05) is 12.1 Å². The predicted molar refractivity (Wildman–Crippen MR) is 69.8 cm³/mol. The summed E-state index contributed by atoms with van der Waals surface area (Å²) in [7, 11) is 1.70. The van der Waals surface area contributed by atoms with Crippen molar-refractivity contribution >= 4 is 0 Å². The van der Waals surface area contributed by atoms with Gasteiger partial charge >= 0.3 is 0 Å². The van der Waals surface area contributed by atoms with E-state index in [1.54, 1.807) is 7.11 Å². The average Bonchev–Trinajstić information content (AvgIpc) is 2.90. The van der Waals surface area contributed by atoms with Crippen LogP contribution in [0.3, 0.4) is 0 Å². The van der Waals surface area contributed by atoms with Crippen LogP contribution in [-0.2, 0) is 6.42 Å². The van der Waals surface area contributed by atoms with Crippen LogP contribution in [0, 0.1) is 5.92 Å². The third kappa shape index (κ3) is 3.20. The first-order chi connectivity index (χ1) is 8.33. The van der Waals surface area contributed by atoms with E-state index < -0.39 is 0 Å². The summed E-state index contributed by atoms with van der Waals surface area (Å²) in [5.41, 5.74) is 4.28. The van der Waals surface area contributed by atoms with Gasteiger partial charge in [-0.1, -0.05) is 25.0 Å². The van der Waals surface area contributed by atoms with Crippen molar-refractivity contribution in [2.45, 2.75) is 38.1 Å². The van der Waals surface area contributed by atoms with E-state index in [1.165, 1.54) is 31.2 Å². The molecule has 1 atom stereocenters. The van der Waals surface area contributed by atoms with Crippen molar-refractivity contribution in [3.63, 3.8) is 0 Å². The molecule has 2 rings (SSSR count). The standard InChI is InChI=1S/C14H22N2O/c1-17-13-8-4-5-11(9-13)10-14(16-15)12-6-2-3-7-12/h4-5,8-9,12,14,16H,2-3,6-7,10,15H2,1H3. The van der Waals surface area contributed by atoms with Gasteiger partial charge in [0.05, 0.1) is 7.11 Å². The lowest BCUT2D eigenvalue weighted by molar-refractivity contribution is 0.360. The molecule has 1 unspecified atom stereocenters. The van der Waals surface area contributed by atoms with Gasteiger partial charge in [-0.15, -0.1) is 0 Å². The van der Waals surface area contributed by atoms with Gasteiger partial charge in [0.2, 0.25) is 0 Å². The van der Waals surface area contributed by atoms with Crippen LogP contribution in [0.1, 0.15) is 31.2 Å². The first-order valence-electron chi connectivity index (χ1n) is 6.42. The van der Waals surface area contributed by atoms with Crippen molar-refractivity contribution in [1.82, 2.24) is 5.43 Å². The van der Waals surface area contributed by atoms with Crippen LogP contribution < -0.4 is 16.0 Å². The summed E-state index contributed by atoms with van der Waals surface area (Å²) in [6.45, 7) is 0. The molecule has 17 heavy (non-hydrogen) atoms. The monoisotopic (exact) mass is 234 g/mol. The fourth-order valence-corrected chi connectivity index (χ4v) is 2.77. The zero-order valence-corrected chi connectivity index (χ0v) is 10.5. The molecule has 0 saturated heterocycles. The smallest absolute Gasteiger partial charge is 0.119 e. The van der Waals surface area contributed by atoms with Gasteiger partial charge in [0.1, 0.15) is 5.75 Å². The quantitative estimate of drug-likeness (QED) is 0.607. The van der Waals surface area contributed by atoms with E-state index in [0.717, 1.165) is 18.1 Å². The molecule has 3 nitrogen and oxygen atoms in total. The van der Waals surface area contributed by atoms with E-state index >= 15 is 0 Å². The number of hydrazine groups is 1. The highest BCUT2D eigenvalue weighted by molar-refractivity contribution is 5.29. The van der Waals surface area contributed by atoms with Crippen LogP contribution in [0.2, 0.25) is 0 Å². The highest BCUT2D eigenvalue weighted by Crippen LogP contribution is 2.29. The van der Waals surface area contributed by atoms with Crippen molar-refractivity contribution in [2.24, 2.45) is 11.8 Å². The molecular weight excluding hydrogens is 212 g/mol. The Morgan fingerprint density at radius 3 is 2.82 bits per heavy atom. The molecule has 1 aromatic rings. The van der Waals surface area contributed by atoms with Crippen LogP contribution in [0.15, 0.2) is 24.3 Å². The van der Waals surface area contributed by atoms with Crippen molar-refractivity contribution in [2.75, 3.05) is 7.11 Å². The molecule has 3 N–H and O–H groups in total. The van der Waals surface area contributed by atoms with Gasteiger partial charge in [-0.3, -0.25) is 11.3 Å². The fraction of sp³-hybridized carbons (Fsp3) is 0.571. The largest absolute Gasteiger partial charge is 0.497 e. The summed E-state index contributed by atoms with van der Waals surface area (Å²) in [5.74, 6) is 7.34. The second-order valence-electron chi connectivity index (χ2n) is 4.87. The Morgan fingerprint density at radius 2 is 2.18 bits per heavy atom. The Kier molecular flexibility index (Phi) is 4.40. The van der Waals surface area contributed by atoms with Crippen molar-refractivity contribution in [3.05, 3.63) is 29.8 Å². The molecule has 3 heteroatoms. The van der Waals surface area contributed by atoms with E-state index in [0.29, 0.717) is 6.04 Å².